The molecule has 1 aromatic heterocycles. The van der Waals surface area contributed by atoms with Crippen molar-refractivity contribution in [3.8, 4) is 17.2 Å². The van der Waals surface area contributed by atoms with E-state index in [4.69, 9.17) is 4.42 Å². The van der Waals surface area contributed by atoms with Crippen LogP contribution in [-0.2, 0) is 12.8 Å². The number of para-hydroxylation sites is 2. The Kier molecular flexibility index (Phi) is 5.71. The fraction of sp³-hybridized carbons (Fsp3) is 0.103. The number of fused-ring (bicyclic) bond motifs is 2. The van der Waals surface area contributed by atoms with Crippen molar-refractivity contribution < 1.29 is 24.5 Å². The van der Waals surface area contributed by atoms with Crippen LogP contribution in [0.5, 0.6) is 17.2 Å². The van der Waals surface area contributed by atoms with Crippen molar-refractivity contribution in [2.75, 3.05) is 0 Å². The van der Waals surface area contributed by atoms with Crippen LogP contribution >= 0.6 is 0 Å². The molecule has 35 heavy (non-hydrogen) atoms. The molecule has 0 spiro atoms. The van der Waals surface area contributed by atoms with Crippen LogP contribution in [0, 0.1) is 0 Å². The first-order valence-corrected chi connectivity index (χ1v) is 11.2. The lowest BCUT2D eigenvalue weighted by Gasteiger charge is -2.16. The summed E-state index contributed by atoms with van der Waals surface area (Å²) in [6.45, 7) is 0. The van der Waals surface area contributed by atoms with E-state index in [2.05, 4.69) is 0 Å². The van der Waals surface area contributed by atoms with Gasteiger partial charge in [-0.3, -0.25) is 9.59 Å². The molecular formula is C29H22O6. The van der Waals surface area contributed by atoms with E-state index in [1.807, 2.05) is 30.3 Å². The van der Waals surface area contributed by atoms with Gasteiger partial charge in [-0.05, 0) is 35.7 Å². The Balaban J connectivity index is 1.73. The Morgan fingerprint density at radius 1 is 0.800 bits per heavy atom. The normalized spacial score (nSPS) is 11.2. The Labute approximate surface area is 200 Å². The molecule has 0 aliphatic rings. The van der Waals surface area contributed by atoms with Gasteiger partial charge in [0.25, 0.3) is 0 Å². The van der Waals surface area contributed by atoms with Gasteiger partial charge in [-0.2, -0.15) is 0 Å². The molecule has 0 saturated heterocycles. The van der Waals surface area contributed by atoms with E-state index in [9.17, 15) is 24.9 Å². The van der Waals surface area contributed by atoms with Crippen LogP contribution in [0.2, 0.25) is 0 Å². The molecule has 0 saturated carbocycles. The summed E-state index contributed by atoms with van der Waals surface area (Å²) in [5.41, 5.74) is 0.786. The molecule has 0 aliphatic carbocycles. The van der Waals surface area contributed by atoms with E-state index in [-0.39, 0.29) is 51.7 Å². The summed E-state index contributed by atoms with van der Waals surface area (Å²) in [6.07, 6.45) is 0.392. The number of phenols is 3. The third-order valence-electron chi connectivity index (χ3n) is 6.19. The average Bonchev–Trinajstić information content (AvgIpc) is 2.87. The molecule has 0 aliphatic heterocycles. The first-order chi connectivity index (χ1) is 17.0. The lowest BCUT2D eigenvalue weighted by Crippen LogP contribution is -2.10. The third-order valence-corrected chi connectivity index (χ3v) is 6.19. The van der Waals surface area contributed by atoms with Gasteiger partial charge in [0.15, 0.2) is 11.4 Å². The van der Waals surface area contributed by atoms with E-state index < -0.39 is 22.7 Å². The molecule has 4 aromatic carbocycles. The Hall–Kier alpha value is -4.58. The predicted molar refractivity (Wildman–Crippen MR) is 133 cm³/mol. The zero-order valence-corrected chi connectivity index (χ0v) is 18.7. The Morgan fingerprint density at radius 2 is 1.49 bits per heavy atom. The molecule has 3 N–H and O–H groups in total. The lowest BCUT2D eigenvalue weighted by molar-refractivity contribution is 0.0981. The molecule has 0 radical (unpaired) electrons. The van der Waals surface area contributed by atoms with E-state index in [1.54, 1.807) is 42.5 Å². The topological polar surface area (TPSA) is 108 Å². The molecule has 0 fully saturated rings. The van der Waals surface area contributed by atoms with Crippen molar-refractivity contribution in [1.82, 2.24) is 0 Å². The summed E-state index contributed by atoms with van der Waals surface area (Å²) < 4.78 is 5.93. The molecule has 0 atom stereocenters. The number of aromatic hydroxyl groups is 3. The first kappa shape index (κ1) is 22.2. The molecular weight excluding hydrogens is 444 g/mol. The van der Waals surface area contributed by atoms with E-state index >= 15 is 0 Å². The Bertz CT molecular complexity index is 1630. The minimum Gasteiger partial charge on any atom is -0.508 e. The quantitative estimate of drug-likeness (QED) is 0.226. The molecule has 0 amide bonds. The largest absolute Gasteiger partial charge is 0.508 e. The molecule has 0 bridgehead atoms. The Morgan fingerprint density at radius 3 is 2.26 bits per heavy atom. The average molecular weight is 466 g/mol. The fourth-order valence-electron chi connectivity index (χ4n) is 4.36. The highest BCUT2D eigenvalue weighted by Crippen LogP contribution is 2.42. The molecule has 174 valence electrons. The number of phenolic OH excluding ortho intramolecular Hbond substituents is 3. The second kappa shape index (κ2) is 8.99. The standard InChI is InChI=1S/C29H22O6/c30-21-12-6-4-10-18(21)16-20-27(33)24(22(31)15-14-17-8-2-1-3-9-17)29-25(28(20)34)26(32)19-11-5-7-13-23(19)35-29/h1-13,30,33-34H,14-16H2. The van der Waals surface area contributed by atoms with Crippen LogP contribution in [0.4, 0.5) is 0 Å². The summed E-state index contributed by atoms with van der Waals surface area (Å²) in [5, 5.41) is 32.7. The second-order valence-corrected chi connectivity index (χ2v) is 8.40. The lowest BCUT2D eigenvalue weighted by atomic mass is 9.92. The summed E-state index contributed by atoms with van der Waals surface area (Å²) in [7, 11) is 0. The smallest absolute Gasteiger partial charge is 0.204 e. The predicted octanol–water partition coefficient (Wildman–Crippen LogP) is 5.47. The van der Waals surface area contributed by atoms with Crippen LogP contribution in [-0.4, -0.2) is 21.1 Å². The van der Waals surface area contributed by atoms with Gasteiger partial charge in [0.1, 0.15) is 33.8 Å². The van der Waals surface area contributed by atoms with Crippen molar-refractivity contribution in [1.29, 1.82) is 0 Å². The zero-order valence-electron chi connectivity index (χ0n) is 18.7. The van der Waals surface area contributed by atoms with Gasteiger partial charge >= 0.3 is 0 Å². The molecule has 6 heteroatoms. The number of ketones is 1. The molecule has 0 unspecified atom stereocenters. The van der Waals surface area contributed by atoms with E-state index in [0.717, 1.165) is 5.56 Å². The van der Waals surface area contributed by atoms with Crippen LogP contribution in [0.1, 0.15) is 33.5 Å². The van der Waals surface area contributed by atoms with Gasteiger partial charge in [0.05, 0.1) is 5.39 Å². The summed E-state index contributed by atoms with van der Waals surface area (Å²) in [4.78, 5) is 26.8. The number of rotatable bonds is 6. The number of carbonyl (C=O) groups is 1. The van der Waals surface area contributed by atoms with E-state index in [1.165, 1.54) is 6.07 Å². The van der Waals surface area contributed by atoms with Crippen molar-refractivity contribution in [2.45, 2.75) is 19.3 Å². The van der Waals surface area contributed by atoms with E-state index in [0.29, 0.717) is 12.0 Å². The molecule has 5 rings (SSSR count). The van der Waals surface area contributed by atoms with Crippen molar-refractivity contribution in [3.05, 3.63) is 111 Å². The summed E-state index contributed by atoms with van der Waals surface area (Å²) >= 11 is 0. The summed E-state index contributed by atoms with van der Waals surface area (Å²) in [6, 6.07) is 22.5. The third kappa shape index (κ3) is 3.99. The zero-order chi connectivity index (χ0) is 24.5. The second-order valence-electron chi connectivity index (χ2n) is 8.40. The molecule has 5 aromatic rings. The highest BCUT2D eigenvalue weighted by Gasteiger charge is 2.28. The number of hydrogen-bond donors (Lipinski definition) is 3. The van der Waals surface area contributed by atoms with Gasteiger partial charge in [0, 0.05) is 18.4 Å². The highest BCUT2D eigenvalue weighted by atomic mass is 16.3. The fourth-order valence-corrected chi connectivity index (χ4v) is 4.36. The minimum absolute atomic E-state index is 0.0235. The van der Waals surface area contributed by atoms with Crippen molar-refractivity contribution in [3.63, 3.8) is 0 Å². The molecule has 6 nitrogen and oxygen atoms in total. The number of aryl methyl sites for hydroxylation is 1. The number of hydrogen-bond acceptors (Lipinski definition) is 6. The first-order valence-electron chi connectivity index (χ1n) is 11.2. The van der Waals surface area contributed by atoms with Crippen molar-refractivity contribution in [2.24, 2.45) is 0 Å². The van der Waals surface area contributed by atoms with Gasteiger partial charge in [-0.15, -0.1) is 0 Å². The minimum atomic E-state index is -0.505. The maximum Gasteiger partial charge on any atom is 0.204 e. The SMILES string of the molecule is O=C(CCc1ccccc1)c1c(O)c(Cc2ccccc2O)c(O)c2c(=O)c3ccccc3oc12. The van der Waals surface area contributed by atoms with Crippen LogP contribution in [0.15, 0.2) is 88.1 Å². The molecule has 1 heterocycles. The van der Waals surface area contributed by atoms with Gasteiger partial charge < -0.3 is 19.7 Å². The van der Waals surface area contributed by atoms with Gasteiger partial charge in [0.2, 0.25) is 5.43 Å². The number of carbonyl (C=O) groups excluding carboxylic acids is 1. The van der Waals surface area contributed by atoms with Gasteiger partial charge in [-0.1, -0.05) is 60.7 Å². The van der Waals surface area contributed by atoms with Gasteiger partial charge in [-0.25, -0.2) is 0 Å². The maximum atomic E-state index is 13.4. The van der Waals surface area contributed by atoms with Crippen LogP contribution in [0.25, 0.3) is 21.9 Å². The number of Topliss-reactive ketones (excluding diaryl/α,β-unsaturated/α-hetero) is 1. The highest BCUT2D eigenvalue weighted by molar-refractivity contribution is 6.12. The monoisotopic (exact) mass is 466 g/mol. The van der Waals surface area contributed by atoms with Crippen LogP contribution < -0.4 is 5.43 Å². The number of benzene rings is 4. The maximum absolute atomic E-state index is 13.4. The summed E-state index contributed by atoms with van der Waals surface area (Å²) in [5.74, 6) is -1.39. The van der Waals surface area contributed by atoms with Crippen LogP contribution in [0.3, 0.4) is 0 Å². The van der Waals surface area contributed by atoms with Crippen molar-refractivity contribution >= 4 is 27.7 Å².